The van der Waals surface area contributed by atoms with Gasteiger partial charge in [0, 0.05) is 50.7 Å². The molecule has 0 bridgehead atoms. The number of benzene rings is 2. The second kappa shape index (κ2) is 12.4. The summed E-state index contributed by atoms with van der Waals surface area (Å²) in [5.41, 5.74) is 2.83. The number of amides is 1. The van der Waals surface area contributed by atoms with E-state index in [-0.39, 0.29) is 17.6 Å². The topological polar surface area (TPSA) is 61.4 Å². The van der Waals surface area contributed by atoms with Crippen LogP contribution in [-0.4, -0.2) is 53.5 Å². The predicted molar refractivity (Wildman–Crippen MR) is 137 cm³/mol. The van der Waals surface area contributed by atoms with E-state index in [9.17, 15) is 9.18 Å². The Morgan fingerprint density at radius 3 is 2.66 bits per heavy atom. The van der Waals surface area contributed by atoms with Crippen LogP contribution in [0.5, 0.6) is 0 Å². The van der Waals surface area contributed by atoms with Crippen molar-refractivity contribution in [2.75, 3.05) is 37.6 Å². The highest BCUT2D eigenvalue weighted by Gasteiger charge is 2.27. The zero-order chi connectivity index (χ0) is 24.5. The molecule has 7 heteroatoms. The molecule has 1 amide bonds. The van der Waals surface area contributed by atoms with Gasteiger partial charge in [-0.2, -0.15) is 0 Å². The van der Waals surface area contributed by atoms with Gasteiger partial charge in [-0.1, -0.05) is 49.4 Å². The van der Waals surface area contributed by atoms with Crippen molar-refractivity contribution in [3.63, 3.8) is 0 Å². The van der Waals surface area contributed by atoms with Crippen LogP contribution < -0.4 is 10.2 Å². The van der Waals surface area contributed by atoms with Crippen LogP contribution in [0.4, 0.5) is 10.3 Å². The minimum absolute atomic E-state index is 0.0677. The number of rotatable bonds is 10. The van der Waals surface area contributed by atoms with Crippen LogP contribution in [0.3, 0.4) is 0 Å². The first-order chi connectivity index (χ1) is 17.1. The largest absolute Gasteiger partial charge is 0.356 e. The average Bonchev–Trinajstić information content (AvgIpc) is 2.91. The van der Waals surface area contributed by atoms with Crippen molar-refractivity contribution in [2.24, 2.45) is 5.92 Å². The fourth-order valence-corrected chi connectivity index (χ4v) is 4.52. The third-order valence-corrected chi connectivity index (χ3v) is 6.52. The molecule has 0 saturated carbocycles. The van der Waals surface area contributed by atoms with Gasteiger partial charge in [-0.05, 0) is 49.1 Å². The molecule has 1 aliphatic rings. The van der Waals surface area contributed by atoms with Crippen molar-refractivity contribution in [1.29, 1.82) is 0 Å². The Kier molecular flexibility index (Phi) is 8.79. The maximum atomic E-state index is 13.5. The molecule has 1 aromatic heterocycles. The number of anilines is 1. The summed E-state index contributed by atoms with van der Waals surface area (Å²) in [5.74, 6) is 0.372. The fraction of sp³-hybridized carbons (Fsp3) is 0.393. The Morgan fingerprint density at radius 1 is 1.11 bits per heavy atom. The Bertz CT molecular complexity index is 1080. The van der Waals surface area contributed by atoms with Crippen LogP contribution in [0.2, 0.25) is 0 Å². The second-order valence-electron chi connectivity index (χ2n) is 9.07. The van der Waals surface area contributed by atoms with Crippen LogP contribution in [0.1, 0.15) is 31.7 Å². The number of carbonyl (C=O) groups is 1. The molecule has 2 heterocycles. The molecule has 184 valence electrons. The lowest BCUT2D eigenvalue weighted by Gasteiger charge is -2.32. The highest BCUT2D eigenvalue weighted by Crippen LogP contribution is 2.23. The summed E-state index contributed by atoms with van der Waals surface area (Å²) in [6.07, 6.45) is 6.16. The van der Waals surface area contributed by atoms with Crippen molar-refractivity contribution in [2.45, 2.75) is 32.7 Å². The number of carbonyl (C=O) groups excluding carboxylic acids is 1. The molecule has 4 rings (SSSR count). The number of nitrogens with one attached hydrogen (secondary N) is 1. The maximum Gasteiger partial charge on any atom is 0.225 e. The third-order valence-electron chi connectivity index (χ3n) is 6.52. The molecule has 2 aromatic carbocycles. The number of hydrogen-bond donors (Lipinski definition) is 1. The molecule has 0 unspecified atom stereocenters. The zero-order valence-electron chi connectivity index (χ0n) is 20.4. The van der Waals surface area contributed by atoms with Gasteiger partial charge in [-0.15, -0.1) is 0 Å². The summed E-state index contributed by atoms with van der Waals surface area (Å²) in [6, 6.07) is 16.9. The van der Waals surface area contributed by atoms with Crippen LogP contribution in [0.25, 0.3) is 11.1 Å². The van der Waals surface area contributed by atoms with Gasteiger partial charge in [0.2, 0.25) is 11.9 Å². The van der Waals surface area contributed by atoms with Gasteiger partial charge in [-0.3, -0.25) is 9.69 Å². The van der Waals surface area contributed by atoms with Gasteiger partial charge in [0.25, 0.3) is 0 Å². The highest BCUT2D eigenvalue weighted by molar-refractivity contribution is 5.79. The highest BCUT2D eigenvalue weighted by atomic mass is 19.1. The minimum Gasteiger partial charge on any atom is -0.356 e. The normalized spacial score (nSPS) is 15.9. The average molecular weight is 476 g/mol. The first-order valence-electron chi connectivity index (χ1n) is 12.5. The molecule has 1 saturated heterocycles. The SMILES string of the molecule is CCN(CCCNC(=O)[C@@H]1CCCN(c2ncc(-c3cccc(F)c3)cn2)C1)Cc1ccccc1. The van der Waals surface area contributed by atoms with Gasteiger partial charge in [0.1, 0.15) is 5.82 Å². The Balaban J connectivity index is 1.23. The lowest BCUT2D eigenvalue weighted by molar-refractivity contribution is -0.125. The quantitative estimate of drug-likeness (QED) is 0.437. The summed E-state index contributed by atoms with van der Waals surface area (Å²) in [7, 11) is 0. The lowest BCUT2D eigenvalue weighted by atomic mass is 9.97. The molecule has 1 aliphatic heterocycles. The molecule has 3 aromatic rings. The van der Waals surface area contributed by atoms with Crippen LogP contribution >= 0.6 is 0 Å². The van der Waals surface area contributed by atoms with Crippen molar-refractivity contribution >= 4 is 11.9 Å². The lowest BCUT2D eigenvalue weighted by Crippen LogP contribution is -2.44. The maximum absolute atomic E-state index is 13.5. The molecule has 1 N–H and O–H groups in total. The number of piperidine rings is 1. The van der Waals surface area contributed by atoms with Gasteiger partial charge < -0.3 is 10.2 Å². The van der Waals surface area contributed by atoms with E-state index in [0.717, 1.165) is 56.6 Å². The van der Waals surface area contributed by atoms with Gasteiger partial charge in [0.05, 0.1) is 5.92 Å². The third kappa shape index (κ3) is 7.09. The monoisotopic (exact) mass is 475 g/mol. The van der Waals surface area contributed by atoms with E-state index < -0.39 is 0 Å². The second-order valence-corrected chi connectivity index (χ2v) is 9.07. The van der Waals surface area contributed by atoms with E-state index in [1.54, 1.807) is 18.5 Å². The van der Waals surface area contributed by atoms with Crippen LogP contribution in [0, 0.1) is 11.7 Å². The Labute approximate surface area is 207 Å². The number of nitrogens with zero attached hydrogens (tertiary/aromatic N) is 4. The van der Waals surface area contributed by atoms with Crippen LogP contribution in [-0.2, 0) is 11.3 Å². The summed E-state index contributed by atoms with van der Waals surface area (Å²) in [5, 5.41) is 3.14. The van der Waals surface area contributed by atoms with Crippen molar-refractivity contribution in [1.82, 2.24) is 20.2 Å². The standard InChI is InChI=1S/C28H34FN5O/c1-2-33(20-22-9-4-3-5-10-22)15-8-14-30-27(35)24-12-7-16-34(21-24)28-31-18-25(19-32-28)23-11-6-13-26(29)17-23/h3-6,9-11,13,17-19,24H,2,7-8,12,14-16,20-21H2,1H3,(H,30,35)/t24-/m1/s1. The number of aromatic nitrogens is 2. The molecule has 0 aliphatic carbocycles. The fourth-order valence-electron chi connectivity index (χ4n) is 4.52. The summed E-state index contributed by atoms with van der Waals surface area (Å²) < 4.78 is 13.5. The Hall–Kier alpha value is -3.32. The van der Waals surface area contributed by atoms with Crippen molar-refractivity contribution < 1.29 is 9.18 Å². The predicted octanol–water partition coefficient (Wildman–Crippen LogP) is 4.53. The van der Waals surface area contributed by atoms with E-state index in [2.05, 4.69) is 56.3 Å². The molecule has 0 spiro atoms. The number of hydrogen-bond acceptors (Lipinski definition) is 5. The van der Waals surface area contributed by atoms with Gasteiger partial charge >= 0.3 is 0 Å². The zero-order valence-corrected chi connectivity index (χ0v) is 20.4. The van der Waals surface area contributed by atoms with Crippen molar-refractivity contribution in [3.05, 3.63) is 78.4 Å². The smallest absolute Gasteiger partial charge is 0.225 e. The summed E-state index contributed by atoms with van der Waals surface area (Å²) in [6.45, 7) is 7.16. The van der Waals surface area contributed by atoms with Crippen molar-refractivity contribution in [3.8, 4) is 11.1 Å². The van der Waals surface area contributed by atoms with Crippen LogP contribution in [0.15, 0.2) is 67.0 Å². The molecule has 35 heavy (non-hydrogen) atoms. The molecule has 1 fully saturated rings. The first kappa shape index (κ1) is 24.8. The molecule has 6 nitrogen and oxygen atoms in total. The van der Waals surface area contributed by atoms with E-state index >= 15 is 0 Å². The molecule has 1 atom stereocenters. The molecular formula is C28H34FN5O. The van der Waals surface area contributed by atoms with Gasteiger partial charge in [0.15, 0.2) is 0 Å². The summed E-state index contributed by atoms with van der Waals surface area (Å²) >= 11 is 0. The van der Waals surface area contributed by atoms with E-state index in [0.29, 0.717) is 19.0 Å². The number of halogens is 1. The summed E-state index contributed by atoms with van der Waals surface area (Å²) in [4.78, 5) is 26.3. The molecule has 0 radical (unpaired) electrons. The first-order valence-corrected chi connectivity index (χ1v) is 12.5. The van der Waals surface area contributed by atoms with E-state index in [1.807, 2.05) is 12.1 Å². The molecular weight excluding hydrogens is 441 g/mol. The van der Waals surface area contributed by atoms with Gasteiger partial charge in [-0.25, -0.2) is 14.4 Å². The Morgan fingerprint density at radius 2 is 1.91 bits per heavy atom. The van der Waals surface area contributed by atoms with E-state index in [1.165, 1.54) is 17.7 Å². The van der Waals surface area contributed by atoms with E-state index in [4.69, 9.17) is 0 Å². The minimum atomic E-state index is -0.282.